The zero-order chi connectivity index (χ0) is 19.0. The molecule has 2 N–H and O–H groups in total. The fraction of sp³-hybridized carbons (Fsp3) is 0.111. The maximum absolute atomic E-state index is 9.80. The monoisotopic (exact) mass is 426 g/mol. The van der Waals surface area contributed by atoms with Crippen LogP contribution >= 0.6 is 15.9 Å². The van der Waals surface area contributed by atoms with Gasteiger partial charge >= 0.3 is 0 Å². The number of rotatable bonds is 4. The van der Waals surface area contributed by atoms with E-state index in [1.807, 2.05) is 29.8 Å². The first-order valence-electron chi connectivity index (χ1n) is 8.01. The number of aromatic hydroxyl groups is 1. The highest BCUT2D eigenvalue weighted by Gasteiger charge is 2.12. The molecule has 0 saturated carbocycles. The van der Waals surface area contributed by atoms with Crippen LogP contribution in [-0.4, -0.2) is 38.2 Å². The molecular formula is C18H15BrN6O2. The minimum absolute atomic E-state index is 0.0439. The molecule has 4 rings (SSSR count). The van der Waals surface area contributed by atoms with E-state index in [-0.39, 0.29) is 11.7 Å². The van der Waals surface area contributed by atoms with Crippen LogP contribution < -0.4 is 10.2 Å². The van der Waals surface area contributed by atoms with Gasteiger partial charge in [-0.25, -0.2) is 5.43 Å². The summed E-state index contributed by atoms with van der Waals surface area (Å²) < 4.78 is 7.95. The van der Waals surface area contributed by atoms with Gasteiger partial charge in [0, 0.05) is 16.9 Å². The van der Waals surface area contributed by atoms with E-state index in [0.717, 1.165) is 20.9 Å². The predicted octanol–water partition coefficient (Wildman–Crippen LogP) is 3.44. The molecule has 0 fully saturated rings. The van der Waals surface area contributed by atoms with Gasteiger partial charge in [0.15, 0.2) is 17.1 Å². The Bertz CT molecular complexity index is 1190. The van der Waals surface area contributed by atoms with Crippen LogP contribution in [0.25, 0.3) is 22.1 Å². The Hall–Kier alpha value is -3.20. The van der Waals surface area contributed by atoms with E-state index in [0.29, 0.717) is 17.0 Å². The van der Waals surface area contributed by atoms with E-state index in [9.17, 15) is 5.11 Å². The van der Waals surface area contributed by atoms with Crippen molar-refractivity contribution in [1.29, 1.82) is 0 Å². The quantitative estimate of drug-likeness (QED) is 0.383. The molecule has 4 aromatic rings. The van der Waals surface area contributed by atoms with Crippen molar-refractivity contribution < 1.29 is 9.84 Å². The number of ether oxygens (including phenoxy) is 1. The molecule has 0 atom stereocenters. The van der Waals surface area contributed by atoms with Gasteiger partial charge in [-0.2, -0.15) is 10.1 Å². The van der Waals surface area contributed by atoms with Crippen molar-refractivity contribution >= 4 is 50.2 Å². The van der Waals surface area contributed by atoms with Gasteiger partial charge in [0.1, 0.15) is 5.52 Å². The number of methoxy groups -OCH3 is 1. The number of nitrogens with one attached hydrogen (secondary N) is 1. The minimum atomic E-state index is 0.0439. The average Bonchev–Trinajstić information content (AvgIpc) is 2.93. The third-order valence-corrected chi connectivity index (χ3v) is 4.64. The van der Waals surface area contributed by atoms with Gasteiger partial charge < -0.3 is 14.4 Å². The molecule has 27 heavy (non-hydrogen) atoms. The molecular weight excluding hydrogens is 412 g/mol. The largest absolute Gasteiger partial charge is 0.504 e. The number of hydrogen-bond donors (Lipinski definition) is 2. The molecule has 0 unspecified atom stereocenters. The molecule has 0 bridgehead atoms. The predicted molar refractivity (Wildman–Crippen MR) is 107 cm³/mol. The Balaban J connectivity index is 1.62. The lowest BCUT2D eigenvalue weighted by atomic mass is 10.2. The Morgan fingerprint density at radius 2 is 2.07 bits per heavy atom. The number of aromatic nitrogens is 4. The maximum Gasteiger partial charge on any atom is 0.265 e. The van der Waals surface area contributed by atoms with Crippen LogP contribution in [0.3, 0.4) is 0 Å². The highest BCUT2D eigenvalue weighted by Crippen LogP contribution is 2.28. The standard InChI is InChI=1S/C18H15BrN6O2/c1-25-13-5-4-11(19)8-12(13)16-17(25)21-18(24-22-16)23-20-9-10-3-6-15(27-2)14(26)7-10/h3-9,26H,1-2H3,(H,21,23,24)/b20-9+. The van der Waals surface area contributed by atoms with E-state index >= 15 is 0 Å². The first kappa shape index (κ1) is 17.2. The summed E-state index contributed by atoms with van der Waals surface area (Å²) in [7, 11) is 3.43. The van der Waals surface area contributed by atoms with Crippen molar-refractivity contribution in [3.8, 4) is 11.5 Å². The van der Waals surface area contributed by atoms with Gasteiger partial charge in [-0.05, 0) is 42.0 Å². The van der Waals surface area contributed by atoms with Crippen molar-refractivity contribution in [2.75, 3.05) is 12.5 Å². The molecule has 0 amide bonds. The summed E-state index contributed by atoms with van der Waals surface area (Å²) in [4.78, 5) is 4.50. The van der Waals surface area contributed by atoms with Crippen molar-refractivity contribution in [1.82, 2.24) is 19.7 Å². The Labute approximate surface area is 162 Å². The van der Waals surface area contributed by atoms with E-state index in [1.165, 1.54) is 7.11 Å². The fourth-order valence-corrected chi connectivity index (χ4v) is 3.19. The zero-order valence-electron chi connectivity index (χ0n) is 14.5. The van der Waals surface area contributed by atoms with Crippen LogP contribution in [0.15, 0.2) is 46.0 Å². The van der Waals surface area contributed by atoms with E-state index in [2.05, 4.69) is 41.6 Å². The van der Waals surface area contributed by atoms with Crippen LogP contribution in [-0.2, 0) is 7.05 Å². The summed E-state index contributed by atoms with van der Waals surface area (Å²) in [6.45, 7) is 0. The molecule has 0 aliphatic carbocycles. The zero-order valence-corrected chi connectivity index (χ0v) is 16.1. The topological polar surface area (TPSA) is 97.5 Å². The van der Waals surface area contributed by atoms with E-state index in [4.69, 9.17) is 4.74 Å². The molecule has 136 valence electrons. The second kappa shape index (κ2) is 6.84. The SMILES string of the molecule is COc1ccc(/C=N/Nc2nnc3c4cc(Br)ccc4n(C)c3n2)cc1O. The number of nitrogens with zero attached hydrogens (tertiary/aromatic N) is 5. The van der Waals surface area contributed by atoms with Crippen LogP contribution in [0.2, 0.25) is 0 Å². The third-order valence-electron chi connectivity index (χ3n) is 4.14. The van der Waals surface area contributed by atoms with Gasteiger partial charge in [-0.15, -0.1) is 10.2 Å². The third kappa shape index (κ3) is 3.17. The highest BCUT2D eigenvalue weighted by molar-refractivity contribution is 9.10. The van der Waals surface area contributed by atoms with E-state index in [1.54, 1.807) is 24.4 Å². The highest BCUT2D eigenvalue weighted by atomic mass is 79.9. The van der Waals surface area contributed by atoms with Gasteiger partial charge in [-0.1, -0.05) is 15.9 Å². The van der Waals surface area contributed by atoms with E-state index < -0.39 is 0 Å². The van der Waals surface area contributed by atoms with Gasteiger partial charge in [0.05, 0.1) is 18.8 Å². The first-order chi connectivity index (χ1) is 13.1. The molecule has 0 saturated heterocycles. The number of phenols is 1. The Kier molecular flexibility index (Phi) is 4.36. The molecule has 8 nitrogen and oxygen atoms in total. The molecule has 2 aromatic heterocycles. The number of anilines is 1. The summed E-state index contributed by atoms with van der Waals surface area (Å²) in [6.07, 6.45) is 1.55. The average molecular weight is 427 g/mol. The molecule has 0 spiro atoms. The lowest BCUT2D eigenvalue weighted by molar-refractivity contribution is 0.373. The fourth-order valence-electron chi connectivity index (χ4n) is 2.83. The summed E-state index contributed by atoms with van der Waals surface area (Å²) in [5, 5.41) is 23.3. The number of phenolic OH excluding ortho intramolecular Hbond substituents is 1. The Morgan fingerprint density at radius 3 is 2.85 bits per heavy atom. The lowest BCUT2D eigenvalue weighted by Gasteiger charge is -2.03. The molecule has 2 heterocycles. The van der Waals surface area contributed by atoms with Crippen LogP contribution in [0, 0.1) is 0 Å². The number of benzene rings is 2. The van der Waals surface area contributed by atoms with Gasteiger partial charge in [0.25, 0.3) is 5.95 Å². The molecule has 0 aliphatic rings. The van der Waals surface area contributed by atoms with Crippen molar-refractivity contribution in [2.45, 2.75) is 0 Å². The Morgan fingerprint density at radius 1 is 1.22 bits per heavy atom. The van der Waals surface area contributed by atoms with Crippen molar-refractivity contribution in [2.24, 2.45) is 12.1 Å². The van der Waals surface area contributed by atoms with Crippen molar-refractivity contribution in [3.63, 3.8) is 0 Å². The second-order valence-corrected chi connectivity index (χ2v) is 6.75. The van der Waals surface area contributed by atoms with Gasteiger partial charge in [-0.3, -0.25) is 0 Å². The maximum atomic E-state index is 9.80. The van der Waals surface area contributed by atoms with Crippen LogP contribution in [0.1, 0.15) is 5.56 Å². The van der Waals surface area contributed by atoms with Gasteiger partial charge in [0.2, 0.25) is 0 Å². The summed E-state index contributed by atoms with van der Waals surface area (Å²) in [6, 6.07) is 11.0. The summed E-state index contributed by atoms with van der Waals surface area (Å²) >= 11 is 3.48. The molecule has 0 aliphatic heterocycles. The minimum Gasteiger partial charge on any atom is -0.504 e. The molecule has 0 radical (unpaired) electrons. The number of hydrazone groups is 1. The molecule has 2 aromatic carbocycles. The number of hydrogen-bond acceptors (Lipinski definition) is 7. The normalized spacial score (nSPS) is 11.5. The first-order valence-corrected chi connectivity index (χ1v) is 8.80. The van der Waals surface area contributed by atoms with Crippen molar-refractivity contribution in [3.05, 3.63) is 46.4 Å². The summed E-state index contributed by atoms with van der Waals surface area (Å²) in [5.41, 5.74) is 5.91. The lowest BCUT2D eigenvalue weighted by Crippen LogP contribution is -2.00. The smallest absolute Gasteiger partial charge is 0.265 e. The molecule has 9 heteroatoms. The summed E-state index contributed by atoms with van der Waals surface area (Å²) in [5.74, 6) is 0.726. The van der Waals surface area contributed by atoms with Crippen LogP contribution in [0.4, 0.5) is 5.95 Å². The second-order valence-electron chi connectivity index (χ2n) is 5.83. The van der Waals surface area contributed by atoms with Crippen LogP contribution in [0.5, 0.6) is 11.5 Å². The number of fused-ring (bicyclic) bond motifs is 3. The number of aryl methyl sites for hydroxylation is 1. The number of halogens is 1.